The Morgan fingerprint density at radius 1 is 1.21 bits per heavy atom. The number of nitrogens with one attached hydrogen (secondary N) is 2. The van der Waals surface area contributed by atoms with Crippen LogP contribution >= 0.6 is 0 Å². The van der Waals surface area contributed by atoms with Crippen LogP contribution in [0.5, 0.6) is 0 Å². The van der Waals surface area contributed by atoms with Crippen molar-refractivity contribution in [3.8, 4) is 0 Å². The summed E-state index contributed by atoms with van der Waals surface area (Å²) in [6.07, 6.45) is 6.88. The monoisotopic (exact) mass is 328 g/mol. The molecule has 24 heavy (non-hydrogen) atoms. The van der Waals surface area contributed by atoms with Crippen LogP contribution in [0.15, 0.2) is 36.8 Å². The quantitative estimate of drug-likeness (QED) is 0.857. The number of hydrogen-bond donors (Lipinski definition) is 2. The third-order valence-corrected chi connectivity index (χ3v) is 4.72. The largest absolute Gasteiger partial charge is 0.357 e. The first-order valence-corrected chi connectivity index (χ1v) is 8.22. The highest BCUT2D eigenvalue weighted by molar-refractivity contribution is 5.89. The maximum absolute atomic E-state index is 12.6. The lowest BCUT2D eigenvalue weighted by Crippen LogP contribution is -2.57. The molecule has 2 aromatic rings. The fourth-order valence-electron chi connectivity index (χ4n) is 3.23. The van der Waals surface area contributed by atoms with Gasteiger partial charge in [-0.25, -0.2) is 0 Å². The first-order chi connectivity index (χ1) is 11.6. The number of nitrogens with zero attached hydrogens (tertiary/aromatic N) is 4. The van der Waals surface area contributed by atoms with Gasteiger partial charge in [-0.15, -0.1) is 0 Å². The molecule has 1 amide bonds. The van der Waals surface area contributed by atoms with Gasteiger partial charge in [0, 0.05) is 52.2 Å². The van der Waals surface area contributed by atoms with Crippen LogP contribution < -0.4 is 10.6 Å². The molecule has 1 saturated heterocycles. The first-order valence-electron chi connectivity index (χ1n) is 8.22. The third kappa shape index (κ3) is 3.41. The second-order valence-corrected chi connectivity index (χ2v) is 6.26. The number of hydrogen-bond acceptors (Lipinski definition) is 5. The number of anilines is 1. The smallest absolute Gasteiger partial charge is 0.245 e. The molecule has 0 aromatic carbocycles. The molecule has 1 aliphatic heterocycles. The minimum atomic E-state index is -0.586. The molecular weight excluding hydrogens is 304 g/mol. The number of pyridine rings is 1. The Morgan fingerprint density at radius 3 is 2.50 bits per heavy atom. The number of carbonyl (C=O) groups excluding carboxylic acids is 1. The summed E-state index contributed by atoms with van der Waals surface area (Å²) in [5.74, 6) is 0.897. The van der Waals surface area contributed by atoms with E-state index in [0.717, 1.165) is 38.3 Å². The summed E-state index contributed by atoms with van der Waals surface area (Å²) in [7, 11) is 3.57. The van der Waals surface area contributed by atoms with Crippen molar-refractivity contribution in [2.75, 3.05) is 25.5 Å². The number of likely N-dealkylation sites (N-methyl/N-ethyl adjacent to an activating group) is 1. The van der Waals surface area contributed by atoms with Gasteiger partial charge >= 0.3 is 0 Å². The molecule has 2 aromatic heterocycles. The predicted octanol–water partition coefficient (Wildman–Crippen LogP) is 1.01. The number of aryl methyl sites for hydroxylation is 1. The van der Waals surface area contributed by atoms with Crippen molar-refractivity contribution >= 4 is 11.7 Å². The van der Waals surface area contributed by atoms with Gasteiger partial charge < -0.3 is 10.6 Å². The molecule has 0 atom stereocenters. The van der Waals surface area contributed by atoms with Gasteiger partial charge in [-0.05, 0) is 30.5 Å². The summed E-state index contributed by atoms with van der Waals surface area (Å²) in [4.78, 5) is 19.0. The van der Waals surface area contributed by atoms with Crippen molar-refractivity contribution in [2.24, 2.45) is 7.05 Å². The summed E-state index contributed by atoms with van der Waals surface area (Å²) in [5.41, 5.74) is 0.661. The zero-order valence-electron chi connectivity index (χ0n) is 14.2. The molecule has 3 rings (SSSR count). The van der Waals surface area contributed by atoms with Crippen LogP contribution in [-0.4, -0.2) is 51.2 Å². The van der Waals surface area contributed by atoms with Crippen LogP contribution in [0.3, 0.4) is 0 Å². The van der Waals surface area contributed by atoms with Crippen LogP contribution in [0.25, 0.3) is 0 Å². The average molecular weight is 328 g/mol. The minimum Gasteiger partial charge on any atom is -0.357 e. The van der Waals surface area contributed by atoms with Crippen LogP contribution in [0, 0.1) is 0 Å². The van der Waals surface area contributed by atoms with Gasteiger partial charge in [-0.3, -0.25) is 19.4 Å². The van der Waals surface area contributed by atoms with Crippen molar-refractivity contribution in [1.29, 1.82) is 0 Å². The Bertz CT molecular complexity index is 675. The van der Waals surface area contributed by atoms with E-state index in [0.29, 0.717) is 0 Å². The fraction of sp³-hybridized carbons (Fsp3) is 0.471. The van der Waals surface area contributed by atoms with Crippen molar-refractivity contribution in [3.05, 3.63) is 42.4 Å². The summed E-state index contributed by atoms with van der Waals surface area (Å²) < 4.78 is 1.76. The standard InChI is InChI=1S/C17H24N6O/c1-18-16(24)17(21-15-5-10-20-22(15)2)6-11-23(12-7-17)13-14-3-8-19-9-4-14/h3-5,8-10,21H,6-7,11-13H2,1-2H3,(H,18,24). The number of aromatic nitrogens is 3. The van der Waals surface area contributed by atoms with Gasteiger partial charge in [0.25, 0.3) is 0 Å². The van der Waals surface area contributed by atoms with E-state index >= 15 is 0 Å². The number of rotatable bonds is 5. The van der Waals surface area contributed by atoms with E-state index in [2.05, 4.69) is 25.6 Å². The van der Waals surface area contributed by atoms with Crippen LogP contribution in [0.1, 0.15) is 18.4 Å². The highest BCUT2D eigenvalue weighted by Gasteiger charge is 2.41. The van der Waals surface area contributed by atoms with Gasteiger partial charge in [-0.2, -0.15) is 5.10 Å². The SMILES string of the molecule is CNC(=O)C1(Nc2ccnn2C)CCN(Cc2ccncc2)CC1. The number of carbonyl (C=O) groups is 1. The Kier molecular flexibility index (Phi) is 4.80. The summed E-state index contributed by atoms with van der Waals surface area (Å²) >= 11 is 0. The van der Waals surface area contributed by atoms with Crippen molar-refractivity contribution in [1.82, 2.24) is 25.0 Å². The molecule has 3 heterocycles. The predicted molar refractivity (Wildman–Crippen MR) is 92.4 cm³/mol. The maximum atomic E-state index is 12.6. The van der Waals surface area contributed by atoms with Crippen LogP contribution in [0.4, 0.5) is 5.82 Å². The normalized spacial score (nSPS) is 17.4. The Morgan fingerprint density at radius 2 is 1.92 bits per heavy atom. The molecule has 7 heteroatoms. The summed E-state index contributed by atoms with van der Waals surface area (Å²) in [6.45, 7) is 2.61. The number of amides is 1. The molecular formula is C17H24N6O. The molecule has 1 aliphatic rings. The molecule has 128 valence electrons. The van der Waals surface area contributed by atoms with Crippen LogP contribution in [-0.2, 0) is 18.4 Å². The van der Waals surface area contributed by atoms with E-state index in [4.69, 9.17) is 0 Å². The van der Waals surface area contributed by atoms with Gasteiger partial charge in [0.05, 0.1) is 6.20 Å². The van der Waals surface area contributed by atoms with Crippen LogP contribution in [0.2, 0.25) is 0 Å². The van der Waals surface area contributed by atoms with E-state index in [1.165, 1.54) is 5.56 Å². The van der Waals surface area contributed by atoms with E-state index in [1.807, 2.05) is 37.6 Å². The van der Waals surface area contributed by atoms with Gasteiger partial charge in [0.2, 0.25) is 5.91 Å². The zero-order chi connectivity index (χ0) is 17.0. The van der Waals surface area contributed by atoms with Gasteiger partial charge in [-0.1, -0.05) is 0 Å². The maximum Gasteiger partial charge on any atom is 0.245 e. The molecule has 0 bridgehead atoms. The zero-order valence-corrected chi connectivity index (χ0v) is 14.2. The molecule has 1 fully saturated rings. The van der Waals surface area contributed by atoms with E-state index < -0.39 is 5.54 Å². The number of piperidine rings is 1. The summed E-state index contributed by atoms with van der Waals surface area (Å²) in [6, 6.07) is 5.97. The van der Waals surface area contributed by atoms with Gasteiger partial charge in [0.15, 0.2) is 0 Å². The van der Waals surface area contributed by atoms with E-state index in [9.17, 15) is 4.79 Å². The Labute approximate surface area is 142 Å². The molecule has 0 aliphatic carbocycles. The van der Waals surface area contributed by atoms with E-state index in [1.54, 1.807) is 17.9 Å². The second kappa shape index (κ2) is 7.00. The molecule has 7 nitrogen and oxygen atoms in total. The summed E-state index contributed by atoms with van der Waals surface area (Å²) in [5, 5.41) is 10.4. The van der Waals surface area contributed by atoms with Crippen molar-refractivity contribution in [2.45, 2.75) is 24.9 Å². The number of likely N-dealkylation sites (tertiary alicyclic amines) is 1. The second-order valence-electron chi connectivity index (χ2n) is 6.26. The van der Waals surface area contributed by atoms with Crippen molar-refractivity contribution in [3.63, 3.8) is 0 Å². The lowest BCUT2D eigenvalue weighted by atomic mass is 9.86. The highest BCUT2D eigenvalue weighted by atomic mass is 16.2. The third-order valence-electron chi connectivity index (χ3n) is 4.72. The Balaban J connectivity index is 1.69. The molecule has 0 saturated carbocycles. The van der Waals surface area contributed by atoms with Gasteiger partial charge in [0.1, 0.15) is 11.4 Å². The Hall–Kier alpha value is -2.41. The molecule has 2 N–H and O–H groups in total. The first kappa shape index (κ1) is 16.4. The molecule has 0 radical (unpaired) electrons. The fourth-order valence-corrected chi connectivity index (χ4v) is 3.23. The van der Waals surface area contributed by atoms with E-state index in [-0.39, 0.29) is 5.91 Å². The molecule has 0 spiro atoms. The lowest BCUT2D eigenvalue weighted by molar-refractivity contribution is -0.126. The average Bonchev–Trinajstić information content (AvgIpc) is 3.01. The van der Waals surface area contributed by atoms with Crippen molar-refractivity contribution < 1.29 is 4.79 Å². The highest BCUT2D eigenvalue weighted by Crippen LogP contribution is 2.28. The topological polar surface area (TPSA) is 75.1 Å². The minimum absolute atomic E-state index is 0.0345. The lowest BCUT2D eigenvalue weighted by Gasteiger charge is -2.41. The molecule has 0 unspecified atom stereocenters.